The van der Waals surface area contributed by atoms with Crippen LogP contribution in [0.1, 0.15) is 0 Å². The molecule has 0 unspecified atom stereocenters. The number of thiocarbonyl (C=S) groups is 1. The summed E-state index contributed by atoms with van der Waals surface area (Å²) in [5, 5.41) is 0.156. The van der Waals surface area contributed by atoms with Gasteiger partial charge in [-0.1, -0.05) is 52.3 Å². The van der Waals surface area contributed by atoms with E-state index in [1.165, 1.54) is 9.80 Å². The summed E-state index contributed by atoms with van der Waals surface area (Å²) in [6, 6.07) is 18.1. The lowest BCUT2D eigenvalue weighted by Gasteiger charge is -2.37. The van der Waals surface area contributed by atoms with Gasteiger partial charge >= 0.3 is 0 Å². The number of carbonyl (C=O) groups is 2. The molecule has 0 atom stereocenters. The summed E-state index contributed by atoms with van der Waals surface area (Å²) >= 11 is 8.59. The Kier molecular flexibility index (Phi) is 4.04. The molecule has 4 nitrogen and oxygen atoms in total. The van der Waals surface area contributed by atoms with E-state index in [2.05, 4.69) is 15.9 Å². The van der Waals surface area contributed by atoms with Gasteiger partial charge in [-0.05, 0) is 36.5 Å². The van der Waals surface area contributed by atoms with Crippen molar-refractivity contribution in [3.05, 3.63) is 60.7 Å². The lowest BCUT2D eigenvalue weighted by Crippen LogP contribution is -2.61. The third-order valence-corrected chi connectivity index (χ3v) is 4.43. The first-order chi connectivity index (χ1) is 10.6. The second-order valence-corrected chi connectivity index (χ2v) is 5.94. The van der Waals surface area contributed by atoms with E-state index in [0.717, 1.165) is 0 Å². The van der Waals surface area contributed by atoms with Gasteiger partial charge in [-0.3, -0.25) is 19.4 Å². The third-order valence-electron chi connectivity index (χ3n) is 3.29. The van der Waals surface area contributed by atoms with E-state index >= 15 is 0 Å². The fraction of sp³-hybridized carbons (Fsp3) is 0.0625. The Hall–Kier alpha value is -2.05. The maximum atomic E-state index is 12.5. The lowest BCUT2D eigenvalue weighted by molar-refractivity contribution is -0.125. The SMILES string of the molecule is O=C1C(Br)C(=O)N(c2ccccc2)C(=S)N1c1ccccc1. The number of anilines is 2. The summed E-state index contributed by atoms with van der Waals surface area (Å²) in [7, 11) is 0. The molecule has 0 saturated carbocycles. The van der Waals surface area contributed by atoms with E-state index in [0.29, 0.717) is 11.4 Å². The molecule has 6 heteroatoms. The Morgan fingerprint density at radius 2 is 1.14 bits per heavy atom. The molecule has 0 aliphatic carbocycles. The molecule has 1 heterocycles. The van der Waals surface area contributed by atoms with Gasteiger partial charge in [0.15, 0.2) is 9.94 Å². The molecule has 3 rings (SSSR count). The fourth-order valence-corrected chi connectivity index (χ4v) is 3.05. The Bertz CT molecular complexity index is 675. The van der Waals surface area contributed by atoms with E-state index in [1.54, 1.807) is 24.3 Å². The maximum absolute atomic E-state index is 12.5. The van der Waals surface area contributed by atoms with Gasteiger partial charge in [0.1, 0.15) is 0 Å². The fourth-order valence-electron chi connectivity index (χ4n) is 2.25. The van der Waals surface area contributed by atoms with Crippen LogP contribution in [0.2, 0.25) is 0 Å². The summed E-state index contributed by atoms with van der Waals surface area (Å²) in [6.45, 7) is 0. The number of hydrogen-bond donors (Lipinski definition) is 0. The monoisotopic (exact) mass is 374 g/mol. The largest absolute Gasteiger partial charge is 0.272 e. The Labute approximate surface area is 141 Å². The van der Waals surface area contributed by atoms with E-state index < -0.39 is 4.83 Å². The van der Waals surface area contributed by atoms with Gasteiger partial charge in [0, 0.05) is 0 Å². The lowest BCUT2D eigenvalue weighted by atomic mass is 10.2. The van der Waals surface area contributed by atoms with Crippen LogP contribution in [-0.2, 0) is 9.59 Å². The quantitative estimate of drug-likeness (QED) is 0.460. The van der Waals surface area contributed by atoms with Crippen molar-refractivity contribution >= 4 is 56.4 Å². The second kappa shape index (κ2) is 5.98. The van der Waals surface area contributed by atoms with Crippen molar-refractivity contribution in [3.63, 3.8) is 0 Å². The maximum Gasteiger partial charge on any atom is 0.256 e. The van der Waals surface area contributed by atoms with Crippen LogP contribution in [-0.4, -0.2) is 21.8 Å². The highest BCUT2D eigenvalue weighted by atomic mass is 79.9. The topological polar surface area (TPSA) is 40.6 Å². The number of para-hydroxylation sites is 2. The van der Waals surface area contributed by atoms with Crippen molar-refractivity contribution in [1.29, 1.82) is 0 Å². The molecule has 110 valence electrons. The van der Waals surface area contributed by atoms with Crippen LogP contribution in [0.25, 0.3) is 0 Å². The smallest absolute Gasteiger partial charge is 0.256 e. The van der Waals surface area contributed by atoms with Gasteiger partial charge in [-0.15, -0.1) is 0 Å². The van der Waals surface area contributed by atoms with Crippen LogP contribution >= 0.6 is 28.1 Å². The van der Waals surface area contributed by atoms with Crippen LogP contribution in [0.15, 0.2) is 60.7 Å². The van der Waals surface area contributed by atoms with Crippen LogP contribution in [0.5, 0.6) is 0 Å². The van der Waals surface area contributed by atoms with E-state index in [1.807, 2.05) is 36.4 Å². The van der Waals surface area contributed by atoms with Crippen molar-refractivity contribution in [1.82, 2.24) is 0 Å². The molecule has 2 amide bonds. The molecule has 1 saturated heterocycles. The molecule has 0 bridgehead atoms. The van der Waals surface area contributed by atoms with Crippen LogP contribution in [0, 0.1) is 0 Å². The van der Waals surface area contributed by atoms with Crippen LogP contribution in [0.3, 0.4) is 0 Å². The number of carbonyl (C=O) groups excluding carboxylic acids is 2. The average Bonchev–Trinajstić information content (AvgIpc) is 2.55. The number of hydrogen-bond acceptors (Lipinski definition) is 3. The Morgan fingerprint density at radius 3 is 1.50 bits per heavy atom. The predicted octanol–water partition coefficient (Wildman–Crippen LogP) is 3.11. The molecule has 0 radical (unpaired) electrons. The summed E-state index contributed by atoms with van der Waals surface area (Å²) in [4.78, 5) is 26.7. The molecular formula is C16H11BrN2O2S. The van der Waals surface area contributed by atoms with Crippen molar-refractivity contribution < 1.29 is 9.59 Å². The van der Waals surface area contributed by atoms with Crippen molar-refractivity contribution in [2.24, 2.45) is 0 Å². The molecule has 0 aromatic heterocycles. The number of rotatable bonds is 2. The van der Waals surface area contributed by atoms with Crippen molar-refractivity contribution in [3.8, 4) is 0 Å². The number of nitrogens with zero attached hydrogens (tertiary/aromatic N) is 2. The number of alkyl halides is 1. The minimum Gasteiger partial charge on any atom is -0.272 e. The highest BCUT2D eigenvalue weighted by Crippen LogP contribution is 2.28. The highest BCUT2D eigenvalue weighted by Gasteiger charge is 2.43. The summed E-state index contributed by atoms with van der Waals surface area (Å²) in [5.41, 5.74) is 1.27. The highest BCUT2D eigenvalue weighted by molar-refractivity contribution is 9.10. The average molecular weight is 375 g/mol. The number of benzene rings is 2. The molecule has 2 aromatic carbocycles. The minimum absolute atomic E-state index is 0.156. The molecule has 0 spiro atoms. The van der Waals surface area contributed by atoms with Crippen LogP contribution in [0.4, 0.5) is 11.4 Å². The van der Waals surface area contributed by atoms with Gasteiger partial charge in [-0.2, -0.15) is 0 Å². The molecule has 2 aromatic rings. The first-order valence-corrected chi connectivity index (χ1v) is 7.89. The summed E-state index contributed by atoms with van der Waals surface area (Å²) in [6.07, 6.45) is 0. The van der Waals surface area contributed by atoms with E-state index in [4.69, 9.17) is 12.2 Å². The summed E-state index contributed by atoms with van der Waals surface area (Å²) in [5.74, 6) is -0.762. The molecule has 0 N–H and O–H groups in total. The van der Waals surface area contributed by atoms with E-state index in [-0.39, 0.29) is 16.9 Å². The van der Waals surface area contributed by atoms with Crippen LogP contribution < -0.4 is 9.80 Å². The zero-order valence-corrected chi connectivity index (χ0v) is 13.8. The minimum atomic E-state index is -0.959. The van der Waals surface area contributed by atoms with Gasteiger partial charge in [0.05, 0.1) is 11.4 Å². The molecule has 1 aliphatic heterocycles. The normalized spacial score (nSPS) is 16.3. The predicted molar refractivity (Wildman–Crippen MR) is 93.2 cm³/mol. The zero-order chi connectivity index (χ0) is 15.7. The molecule has 22 heavy (non-hydrogen) atoms. The standard InChI is InChI=1S/C16H11BrN2O2S/c17-13-14(20)18(11-7-3-1-4-8-11)16(22)19(15(13)21)12-9-5-2-6-10-12/h1-10,13H. The third kappa shape index (κ3) is 2.44. The second-order valence-electron chi connectivity index (χ2n) is 4.66. The number of amides is 2. The number of halogens is 1. The molecular weight excluding hydrogens is 364 g/mol. The molecule has 1 fully saturated rings. The van der Waals surface area contributed by atoms with Crippen molar-refractivity contribution in [2.45, 2.75) is 4.83 Å². The summed E-state index contributed by atoms with van der Waals surface area (Å²) < 4.78 is 0. The van der Waals surface area contributed by atoms with Gasteiger partial charge in [-0.25, -0.2) is 0 Å². The van der Waals surface area contributed by atoms with Gasteiger partial charge in [0.2, 0.25) is 0 Å². The Morgan fingerprint density at radius 1 is 0.773 bits per heavy atom. The first kappa shape index (κ1) is 14.9. The van der Waals surface area contributed by atoms with Crippen molar-refractivity contribution in [2.75, 3.05) is 9.80 Å². The first-order valence-electron chi connectivity index (χ1n) is 6.57. The zero-order valence-electron chi connectivity index (χ0n) is 11.3. The van der Waals surface area contributed by atoms with Gasteiger partial charge in [0.25, 0.3) is 11.8 Å². The van der Waals surface area contributed by atoms with E-state index in [9.17, 15) is 9.59 Å². The molecule has 1 aliphatic rings. The van der Waals surface area contributed by atoms with Gasteiger partial charge < -0.3 is 0 Å². The Balaban J connectivity index is 2.07.